The molecule has 0 saturated heterocycles. The van der Waals surface area contributed by atoms with Gasteiger partial charge in [0.2, 0.25) is 0 Å². The predicted molar refractivity (Wildman–Crippen MR) is 134 cm³/mol. The van der Waals surface area contributed by atoms with Gasteiger partial charge >= 0.3 is 0 Å². The predicted octanol–water partition coefficient (Wildman–Crippen LogP) is 8.82. The molecule has 0 saturated carbocycles. The molecule has 0 unspecified atom stereocenters. The van der Waals surface area contributed by atoms with Gasteiger partial charge in [0, 0.05) is 0 Å². The quantitative estimate of drug-likeness (QED) is 0.298. The average Bonchev–Trinajstić information content (AvgIpc) is 2.75. The normalized spacial score (nSPS) is 12.4. The Bertz CT molecular complexity index is 778. The van der Waals surface area contributed by atoms with Gasteiger partial charge in [-0.15, -0.1) is 0 Å². The number of unbranched alkanes of at least 4 members (excludes halogenated alkanes) is 2. The number of benzene rings is 2. The van der Waals surface area contributed by atoms with E-state index in [1.165, 1.54) is 42.5 Å². The number of aliphatic imine (C=N–C) groups is 2. The molecule has 2 heteroatoms. The molecule has 2 aromatic carbocycles. The van der Waals surface area contributed by atoms with Crippen molar-refractivity contribution >= 4 is 22.8 Å². The second-order valence-corrected chi connectivity index (χ2v) is 8.17. The van der Waals surface area contributed by atoms with Crippen LogP contribution in [0.1, 0.15) is 90.2 Å². The van der Waals surface area contributed by atoms with Crippen molar-refractivity contribution in [2.45, 2.75) is 91.9 Å². The number of aryl methyl sites for hydroxylation is 2. The van der Waals surface area contributed by atoms with Crippen molar-refractivity contribution in [2.75, 3.05) is 0 Å². The van der Waals surface area contributed by atoms with Crippen molar-refractivity contribution in [3.05, 3.63) is 59.7 Å². The molecule has 2 aromatic rings. The molecule has 0 bridgehead atoms. The molecule has 0 atom stereocenters. The van der Waals surface area contributed by atoms with Gasteiger partial charge in [-0.2, -0.15) is 0 Å². The van der Waals surface area contributed by atoms with Crippen LogP contribution >= 0.6 is 0 Å². The van der Waals surface area contributed by atoms with E-state index in [0.29, 0.717) is 0 Å². The second-order valence-electron chi connectivity index (χ2n) is 8.17. The highest BCUT2D eigenvalue weighted by atomic mass is 14.8. The van der Waals surface area contributed by atoms with E-state index in [1.807, 2.05) is 6.07 Å². The first kappa shape index (κ1) is 24.1. The molecule has 2 rings (SSSR count). The smallest absolute Gasteiger partial charge is 0.0639 e. The first-order chi connectivity index (χ1) is 14.7. The lowest BCUT2D eigenvalue weighted by molar-refractivity contribution is 0.824. The SMILES string of the molecule is CCCCC(=Nc1ccccc1)C(CCCC)=Nc1cc(CCC)cc(CCC)c1. The Morgan fingerprint density at radius 2 is 1.10 bits per heavy atom. The van der Waals surface area contributed by atoms with Crippen molar-refractivity contribution < 1.29 is 0 Å². The molecule has 2 nitrogen and oxygen atoms in total. The lowest BCUT2D eigenvalue weighted by Crippen LogP contribution is -2.14. The van der Waals surface area contributed by atoms with E-state index < -0.39 is 0 Å². The summed E-state index contributed by atoms with van der Waals surface area (Å²) in [5.74, 6) is 0. The first-order valence-electron chi connectivity index (χ1n) is 12.0. The summed E-state index contributed by atoms with van der Waals surface area (Å²) in [6.45, 7) is 8.99. The molecule has 0 radical (unpaired) electrons. The molecule has 30 heavy (non-hydrogen) atoms. The summed E-state index contributed by atoms with van der Waals surface area (Å²) in [5, 5.41) is 0. The topological polar surface area (TPSA) is 24.7 Å². The highest BCUT2D eigenvalue weighted by Crippen LogP contribution is 2.23. The van der Waals surface area contributed by atoms with Crippen molar-refractivity contribution in [1.29, 1.82) is 0 Å². The molecule has 0 aliphatic carbocycles. The van der Waals surface area contributed by atoms with Gasteiger partial charge in [-0.1, -0.05) is 77.6 Å². The Morgan fingerprint density at radius 3 is 1.57 bits per heavy atom. The highest BCUT2D eigenvalue weighted by molar-refractivity contribution is 6.43. The van der Waals surface area contributed by atoms with Gasteiger partial charge in [0.25, 0.3) is 0 Å². The lowest BCUT2D eigenvalue weighted by atomic mass is 10.0. The molecule has 0 spiro atoms. The van der Waals surface area contributed by atoms with E-state index in [0.717, 1.165) is 55.6 Å². The molecule has 0 fully saturated rings. The Kier molecular flexibility index (Phi) is 11.1. The summed E-state index contributed by atoms with van der Waals surface area (Å²) in [7, 11) is 0. The number of nitrogens with zero attached hydrogens (tertiary/aromatic N) is 2. The van der Waals surface area contributed by atoms with Gasteiger partial charge < -0.3 is 0 Å². The molecule has 0 heterocycles. The Hall–Kier alpha value is -2.22. The van der Waals surface area contributed by atoms with E-state index in [-0.39, 0.29) is 0 Å². The number of hydrogen-bond acceptors (Lipinski definition) is 2. The van der Waals surface area contributed by atoms with Crippen LogP contribution in [0, 0.1) is 0 Å². The minimum Gasteiger partial charge on any atom is -0.252 e. The molecule has 0 aliphatic heterocycles. The van der Waals surface area contributed by atoms with E-state index in [2.05, 4.69) is 70.2 Å². The van der Waals surface area contributed by atoms with Crippen LogP contribution in [0.15, 0.2) is 58.5 Å². The van der Waals surface area contributed by atoms with Gasteiger partial charge in [0.1, 0.15) is 0 Å². The zero-order valence-corrected chi connectivity index (χ0v) is 19.6. The average molecular weight is 405 g/mol. The van der Waals surface area contributed by atoms with Crippen LogP contribution in [-0.4, -0.2) is 11.4 Å². The monoisotopic (exact) mass is 404 g/mol. The third-order valence-corrected chi connectivity index (χ3v) is 5.27. The van der Waals surface area contributed by atoms with Crippen molar-refractivity contribution in [3.8, 4) is 0 Å². The lowest BCUT2D eigenvalue weighted by Gasteiger charge is -2.12. The van der Waals surface area contributed by atoms with E-state index >= 15 is 0 Å². The van der Waals surface area contributed by atoms with Crippen LogP contribution < -0.4 is 0 Å². The number of rotatable bonds is 13. The standard InChI is InChI=1S/C28H40N2/c1-5-9-18-27(29-25-16-12-11-13-17-25)28(19-10-6-2)30-26-21-23(14-7-3)20-24(22-26)15-8-4/h11-13,16-17,20-22H,5-10,14-15,18-19H2,1-4H3. The molecule has 0 aliphatic rings. The van der Waals surface area contributed by atoms with Gasteiger partial charge in [0.05, 0.1) is 22.8 Å². The fourth-order valence-electron chi connectivity index (χ4n) is 3.71. The van der Waals surface area contributed by atoms with Gasteiger partial charge in [0.15, 0.2) is 0 Å². The van der Waals surface area contributed by atoms with Gasteiger partial charge in [-0.3, -0.25) is 9.98 Å². The number of para-hydroxylation sites is 1. The zero-order chi connectivity index (χ0) is 21.6. The minimum absolute atomic E-state index is 0.990. The Labute approximate surface area is 184 Å². The van der Waals surface area contributed by atoms with E-state index in [4.69, 9.17) is 9.98 Å². The van der Waals surface area contributed by atoms with Crippen molar-refractivity contribution in [1.82, 2.24) is 0 Å². The second kappa shape index (κ2) is 13.9. The third kappa shape index (κ3) is 8.26. The van der Waals surface area contributed by atoms with Gasteiger partial charge in [-0.05, 0) is 73.9 Å². The summed E-state index contributed by atoms with van der Waals surface area (Å²) >= 11 is 0. The first-order valence-corrected chi connectivity index (χ1v) is 12.0. The highest BCUT2D eigenvalue weighted by Gasteiger charge is 2.11. The van der Waals surface area contributed by atoms with E-state index in [9.17, 15) is 0 Å². The fraction of sp³-hybridized carbons (Fsp3) is 0.500. The summed E-state index contributed by atoms with van der Waals surface area (Å²) in [4.78, 5) is 10.3. The van der Waals surface area contributed by atoms with Crippen LogP contribution in [0.5, 0.6) is 0 Å². The Balaban J connectivity index is 2.49. The molecule has 0 aromatic heterocycles. The van der Waals surface area contributed by atoms with Crippen LogP contribution in [0.2, 0.25) is 0 Å². The summed E-state index contributed by atoms with van der Waals surface area (Å²) in [5.41, 5.74) is 7.28. The zero-order valence-electron chi connectivity index (χ0n) is 19.6. The van der Waals surface area contributed by atoms with Crippen LogP contribution in [0.25, 0.3) is 0 Å². The summed E-state index contributed by atoms with van der Waals surface area (Å²) in [6.07, 6.45) is 11.2. The van der Waals surface area contributed by atoms with Crippen LogP contribution in [-0.2, 0) is 12.8 Å². The maximum absolute atomic E-state index is 5.22. The largest absolute Gasteiger partial charge is 0.252 e. The van der Waals surface area contributed by atoms with Crippen molar-refractivity contribution in [3.63, 3.8) is 0 Å². The van der Waals surface area contributed by atoms with Crippen LogP contribution in [0.3, 0.4) is 0 Å². The van der Waals surface area contributed by atoms with E-state index in [1.54, 1.807) is 0 Å². The Morgan fingerprint density at radius 1 is 0.600 bits per heavy atom. The van der Waals surface area contributed by atoms with Gasteiger partial charge in [-0.25, -0.2) is 0 Å². The van der Waals surface area contributed by atoms with Crippen molar-refractivity contribution in [2.24, 2.45) is 9.98 Å². The maximum Gasteiger partial charge on any atom is 0.0639 e. The molecule has 0 N–H and O–H groups in total. The minimum atomic E-state index is 0.990. The summed E-state index contributed by atoms with van der Waals surface area (Å²) < 4.78 is 0. The summed E-state index contributed by atoms with van der Waals surface area (Å²) in [6, 6.07) is 17.3. The van der Waals surface area contributed by atoms with Crippen LogP contribution in [0.4, 0.5) is 11.4 Å². The fourth-order valence-corrected chi connectivity index (χ4v) is 3.71. The maximum atomic E-state index is 5.22. The third-order valence-electron chi connectivity index (χ3n) is 5.27. The molecule has 162 valence electrons. The number of hydrogen-bond donors (Lipinski definition) is 0. The molecule has 0 amide bonds. The molecular formula is C28H40N2. The molecular weight excluding hydrogens is 364 g/mol.